The molecule has 0 aromatic rings. The van der Waals surface area contributed by atoms with Crippen LogP contribution in [0.4, 0.5) is 0 Å². The fourth-order valence-electron chi connectivity index (χ4n) is 1.57. The number of nitrogens with zero attached hydrogens (tertiary/aromatic N) is 1. The Kier molecular flexibility index (Phi) is 8.83. The zero-order valence-electron chi connectivity index (χ0n) is 11.1. The lowest BCUT2D eigenvalue weighted by molar-refractivity contribution is 0.228. The summed E-state index contributed by atoms with van der Waals surface area (Å²) in [6.07, 6.45) is 1.65. The maximum Gasteiger partial charge on any atom is 0.494 e. The van der Waals surface area contributed by atoms with E-state index in [-0.39, 0.29) is 6.47 Å². The highest BCUT2D eigenvalue weighted by molar-refractivity contribution is 7.01. The summed E-state index contributed by atoms with van der Waals surface area (Å²) in [5.41, 5.74) is 0. The second-order valence-electron chi connectivity index (χ2n) is 4.25. The first-order valence-corrected chi connectivity index (χ1v) is 6.43. The summed E-state index contributed by atoms with van der Waals surface area (Å²) in [6.45, 7) is 10.8. The molecule has 0 aromatic heterocycles. The number of hydrogen-bond donors (Lipinski definition) is 0. The van der Waals surface area contributed by atoms with Gasteiger partial charge in [0.25, 0.3) is 0 Å². The standard InChI is InChI=1S/C12H23BClNO/c1-6-7-8-9-10-16-13(14)15(11(2)3)12(4)5/h11-12H,6,9-10H2,1-5H3. The van der Waals surface area contributed by atoms with Gasteiger partial charge in [-0.2, -0.15) is 0 Å². The molecule has 16 heavy (non-hydrogen) atoms. The van der Waals surface area contributed by atoms with E-state index in [9.17, 15) is 0 Å². The first-order chi connectivity index (χ1) is 7.50. The van der Waals surface area contributed by atoms with Crippen molar-refractivity contribution in [2.45, 2.75) is 59.5 Å². The van der Waals surface area contributed by atoms with Gasteiger partial charge in [-0.15, -0.1) is 23.3 Å². The Balaban J connectivity index is 3.97. The molecule has 0 amide bonds. The summed E-state index contributed by atoms with van der Waals surface area (Å²) in [6, 6.07) is 0.758. The average Bonchev–Trinajstić information content (AvgIpc) is 2.16. The predicted molar refractivity (Wildman–Crippen MR) is 72.4 cm³/mol. The van der Waals surface area contributed by atoms with Crippen molar-refractivity contribution in [2.75, 3.05) is 6.61 Å². The second-order valence-corrected chi connectivity index (χ2v) is 4.63. The number of halogens is 1. The van der Waals surface area contributed by atoms with Crippen molar-refractivity contribution in [1.29, 1.82) is 0 Å². The highest BCUT2D eigenvalue weighted by Crippen LogP contribution is 2.11. The maximum atomic E-state index is 6.21. The fraction of sp³-hybridized carbons (Fsp3) is 0.833. The minimum Gasteiger partial charge on any atom is -0.407 e. The SMILES string of the molecule is CCC#CCCOB(Cl)N(C(C)C)C(C)C. The smallest absolute Gasteiger partial charge is 0.407 e. The summed E-state index contributed by atoms with van der Waals surface area (Å²) in [5.74, 6) is 6.05. The van der Waals surface area contributed by atoms with Gasteiger partial charge < -0.3 is 4.65 Å². The summed E-state index contributed by atoms with van der Waals surface area (Å²) < 4.78 is 5.56. The van der Waals surface area contributed by atoms with Crippen molar-refractivity contribution < 1.29 is 4.65 Å². The zero-order valence-corrected chi connectivity index (χ0v) is 11.8. The molecule has 92 valence electrons. The van der Waals surface area contributed by atoms with Crippen LogP contribution in [0.25, 0.3) is 0 Å². The van der Waals surface area contributed by atoms with Gasteiger partial charge >= 0.3 is 6.47 Å². The molecule has 0 spiro atoms. The van der Waals surface area contributed by atoms with Gasteiger partial charge in [0.15, 0.2) is 0 Å². The van der Waals surface area contributed by atoms with E-state index in [1.165, 1.54) is 0 Å². The lowest BCUT2D eigenvalue weighted by atomic mass is 10.0. The molecular formula is C12H23BClNO. The van der Waals surface area contributed by atoms with Crippen molar-refractivity contribution >= 4 is 17.9 Å². The molecule has 0 aliphatic rings. The van der Waals surface area contributed by atoms with Gasteiger partial charge in [-0.25, -0.2) is 0 Å². The van der Waals surface area contributed by atoms with Crippen molar-refractivity contribution in [1.82, 2.24) is 4.81 Å². The average molecular weight is 244 g/mol. The fourth-order valence-corrected chi connectivity index (χ4v) is 2.11. The molecule has 0 saturated carbocycles. The molecule has 0 aliphatic carbocycles. The molecule has 0 unspecified atom stereocenters. The van der Waals surface area contributed by atoms with Gasteiger partial charge in [0.2, 0.25) is 0 Å². The summed E-state index contributed by atoms with van der Waals surface area (Å²) in [5, 5.41) is 0. The van der Waals surface area contributed by atoms with Crippen LogP contribution in [0.5, 0.6) is 0 Å². The summed E-state index contributed by atoms with van der Waals surface area (Å²) >= 11 is 6.21. The third kappa shape index (κ3) is 6.42. The molecule has 0 radical (unpaired) electrons. The highest BCUT2D eigenvalue weighted by Gasteiger charge is 2.27. The van der Waals surface area contributed by atoms with E-state index < -0.39 is 0 Å². The zero-order chi connectivity index (χ0) is 12.6. The Hall–Kier alpha value is -0.165. The van der Waals surface area contributed by atoms with Crippen LogP contribution in [0.1, 0.15) is 47.5 Å². The van der Waals surface area contributed by atoms with E-state index in [0.717, 1.165) is 12.8 Å². The van der Waals surface area contributed by atoms with Crippen LogP contribution in [-0.2, 0) is 4.65 Å². The Morgan fingerprint density at radius 1 is 1.19 bits per heavy atom. The summed E-state index contributed by atoms with van der Waals surface area (Å²) in [7, 11) is 0. The number of rotatable bonds is 6. The predicted octanol–water partition coefficient (Wildman–Crippen LogP) is 3.15. The third-order valence-electron chi connectivity index (χ3n) is 2.21. The molecule has 2 nitrogen and oxygen atoms in total. The quantitative estimate of drug-likeness (QED) is 0.404. The first-order valence-electron chi connectivity index (χ1n) is 5.99. The van der Waals surface area contributed by atoms with Crippen LogP contribution in [0, 0.1) is 11.8 Å². The Bertz CT molecular complexity index is 227. The molecular weight excluding hydrogens is 220 g/mol. The molecule has 0 saturated heterocycles. The normalized spacial score (nSPS) is 10.8. The van der Waals surface area contributed by atoms with Crippen LogP contribution in [0.3, 0.4) is 0 Å². The van der Waals surface area contributed by atoms with E-state index in [1.807, 2.05) is 6.92 Å². The van der Waals surface area contributed by atoms with Crippen LogP contribution in [-0.4, -0.2) is 30.0 Å². The van der Waals surface area contributed by atoms with E-state index in [0.29, 0.717) is 18.7 Å². The molecule has 0 atom stereocenters. The molecule has 0 aromatic carbocycles. The highest BCUT2D eigenvalue weighted by atomic mass is 35.5. The first kappa shape index (κ1) is 15.8. The van der Waals surface area contributed by atoms with Crippen LogP contribution in [0.15, 0.2) is 0 Å². The van der Waals surface area contributed by atoms with E-state index in [1.54, 1.807) is 0 Å². The molecule has 0 bridgehead atoms. The van der Waals surface area contributed by atoms with E-state index in [4.69, 9.17) is 16.1 Å². The van der Waals surface area contributed by atoms with Crippen molar-refractivity contribution in [3.8, 4) is 11.8 Å². The lowest BCUT2D eigenvalue weighted by Crippen LogP contribution is -2.47. The molecule has 0 heterocycles. The minimum atomic E-state index is -0.358. The molecule has 0 fully saturated rings. The van der Waals surface area contributed by atoms with Gasteiger partial charge in [-0.05, 0) is 12.1 Å². The Morgan fingerprint density at radius 2 is 1.75 bits per heavy atom. The van der Waals surface area contributed by atoms with Crippen LogP contribution < -0.4 is 0 Å². The molecule has 0 rings (SSSR count). The van der Waals surface area contributed by atoms with Crippen LogP contribution >= 0.6 is 11.5 Å². The van der Waals surface area contributed by atoms with Gasteiger partial charge in [0, 0.05) is 19.4 Å². The van der Waals surface area contributed by atoms with E-state index in [2.05, 4.69) is 44.3 Å². The van der Waals surface area contributed by atoms with Gasteiger partial charge in [-0.1, -0.05) is 34.6 Å². The van der Waals surface area contributed by atoms with Crippen molar-refractivity contribution in [2.24, 2.45) is 0 Å². The topological polar surface area (TPSA) is 12.5 Å². The monoisotopic (exact) mass is 243 g/mol. The second kappa shape index (κ2) is 8.93. The molecule has 4 heteroatoms. The summed E-state index contributed by atoms with van der Waals surface area (Å²) in [4.78, 5) is 2.13. The lowest BCUT2D eigenvalue weighted by Gasteiger charge is -2.31. The largest absolute Gasteiger partial charge is 0.494 e. The number of hydrogen-bond acceptors (Lipinski definition) is 2. The maximum absolute atomic E-state index is 6.21. The Labute approximate surface area is 106 Å². The van der Waals surface area contributed by atoms with Crippen molar-refractivity contribution in [3.63, 3.8) is 0 Å². The molecule has 0 aliphatic heterocycles. The minimum absolute atomic E-state index is 0.358. The Morgan fingerprint density at radius 3 is 2.19 bits per heavy atom. The van der Waals surface area contributed by atoms with E-state index >= 15 is 0 Å². The van der Waals surface area contributed by atoms with Gasteiger partial charge in [0.05, 0.1) is 0 Å². The van der Waals surface area contributed by atoms with Gasteiger partial charge in [-0.3, -0.25) is 4.81 Å². The van der Waals surface area contributed by atoms with Crippen molar-refractivity contribution in [3.05, 3.63) is 0 Å². The third-order valence-corrected chi connectivity index (χ3v) is 2.56. The molecule has 0 N–H and O–H groups in total. The van der Waals surface area contributed by atoms with Crippen LogP contribution in [0.2, 0.25) is 0 Å². The van der Waals surface area contributed by atoms with Gasteiger partial charge in [0.1, 0.15) is 0 Å².